The van der Waals surface area contributed by atoms with Crippen LogP contribution >= 0.6 is 0 Å². The van der Waals surface area contributed by atoms with Gasteiger partial charge in [0.1, 0.15) is 0 Å². The normalized spacial score (nSPS) is 10.9. The van der Waals surface area contributed by atoms with Gasteiger partial charge in [-0.05, 0) is 25.8 Å². The number of hydrogen-bond acceptors (Lipinski definition) is 3. The first-order valence-corrected chi connectivity index (χ1v) is 6.19. The van der Waals surface area contributed by atoms with Crippen LogP contribution in [-0.4, -0.2) is 25.8 Å². The molecular weight excluding hydrogens is 228 g/mol. The topological polar surface area (TPSA) is 52.7 Å². The molecule has 0 unspecified atom stereocenters. The Morgan fingerprint density at radius 2 is 2.00 bits per heavy atom. The molecule has 96 valence electrons. The van der Waals surface area contributed by atoms with E-state index in [0.29, 0.717) is 5.56 Å². The fourth-order valence-corrected chi connectivity index (χ4v) is 2.13. The van der Waals surface area contributed by atoms with Gasteiger partial charge in [-0.3, -0.25) is 9.48 Å². The maximum absolute atomic E-state index is 11.2. The minimum absolute atomic E-state index is 0.609. The molecule has 0 spiro atoms. The summed E-state index contributed by atoms with van der Waals surface area (Å²) in [6, 6.07) is 2.08. The molecule has 2 heterocycles. The molecule has 0 atom stereocenters. The summed E-state index contributed by atoms with van der Waals surface area (Å²) >= 11 is 0. The fraction of sp³-hybridized carbons (Fsp3) is 0.462. The number of aryl methyl sites for hydroxylation is 4. The molecule has 5 heteroatoms. The monoisotopic (exact) mass is 246 g/mol. The second-order valence-electron chi connectivity index (χ2n) is 4.31. The van der Waals surface area contributed by atoms with E-state index in [1.165, 1.54) is 0 Å². The zero-order valence-corrected chi connectivity index (χ0v) is 11.3. The minimum Gasteiger partial charge on any atom is -0.298 e. The first-order chi connectivity index (χ1) is 8.62. The summed E-state index contributed by atoms with van der Waals surface area (Å²) in [6.45, 7) is 5.99. The van der Waals surface area contributed by atoms with Crippen molar-refractivity contribution in [3.05, 3.63) is 28.7 Å². The molecule has 0 saturated heterocycles. The van der Waals surface area contributed by atoms with E-state index in [0.717, 1.165) is 42.0 Å². The molecule has 2 rings (SSSR count). The highest BCUT2D eigenvalue weighted by Crippen LogP contribution is 2.19. The van der Waals surface area contributed by atoms with Crippen LogP contribution in [0.2, 0.25) is 0 Å². The molecule has 0 fully saturated rings. The number of carbonyl (C=O) groups excluding carboxylic acids is 1. The average Bonchev–Trinajstić information content (AvgIpc) is 2.88. The number of aromatic nitrogens is 4. The summed E-state index contributed by atoms with van der Waals surface area (Å²) in [5.74, 6) is 0.749. The van der Waals surface area contributed by atoms with Gasteiger partial charge in [0.05, 0.1) is 17.0 Å². The molecule has 0 amide bonds. The van der Waals surface area contributed by atoms with Gasteiger partial charge in [0.15, 0.2) is 12.1 Å². The maximum Gasteiger partial charge on any atom is 0.162 e. The minimum atomic E-state index is 0.609. The van der Waals surface area contributed by atoms with Crippen LogP contribution < -0.4 is 0 Å². The average molecular weight is 246 g/mol. The van der Waals surface area contributed by atoms with Gasteiger partial charge >= 0.3 is 0 Å². The van der Waals surface area contributed by atoms with E-state index in [2.05, 4.69) is 30.1 Å². The lowest BCUT2D eigenvalue weighted by molar-refractivity contribution is 0.112. The Bertz CT molecular complexity index is 580. The number of rotatable bonds is 4. The highest BCUT2D eigenvalue weighted by molar-refractivity contribution is 5.81. The van der Waals surface area contributed by atoms with Crippen LogP contribution in [-0.2, 0) is 19.9 Å². The highest BCUT2D eigenvalue weighted by Gasteiger charge is 2.18. The number of hydrogen-bond donors (Lipinski definition) is 0. The fourth-order valence-electron chi connectivity index (χ4n) is 2.13. The van der Waals surface area contributed by atoms with Crippen LogP contribution in [0, 0.1) is 6.92 Å². The summed E-state index contributed by atoms with van der Waals surface area (Å²) in [6.07, 6.45) is 2.60. The molecule has 0 bridgehead atoms. The quantitative estimate of drug-likeness (QED) is 0.774. The Balaban J connectivity index is 2.67. The van der Waals surface area contributed by atoms with Crippen molar-refractivity contribution in [2.24, 2.45) is 7.05 Å². The third kappa shape index (κ3) is 1.85. The molecule has 0 saturated carbocycles. The van der Waals surface area contributed by atoms with Crippen molar-refractivity contribution >= 4 is 6.29 Å². The van der Waals surface area contributed by atoms with E-state index in [4.69, 9.17) is 0 Å². The van der Waals surface area contributed by atoms with Crippen molar-refractivity contribution in [2.45, 2.75) is 33.6 Å². The second-order valence-corrected chi connectivity index (χ2v) is 4.31. The van der Waals surface area contributed by atoms with Gasteiger partial charge in [0.25, 0.3) is 0 Å². The van der Waals surface area contributed by atoms with Gasteiger partial charge < -0.3 is 0 Å². The van der Waals surface area contributed by atoms with Gasteiger partial charge in [0.2, 0.25) is 0 Å². The molecule has 0 radical (unpaired) electrons. The van der Waals surface area contributed by atoms with Crippen LogP contribution in [0.4, 0.5) is 0 Å². The smallest absolute Gasteiger partial charge is 0.162 e. The lowest BCUT2D eigenvalue weighted by atomic mass is 10.2. The second kappa shape index (κ2) is 4.76. The molecule has 2 aromatic rings. The molecular formula is C13H18N4O. The highest BCUT2D eigenvalue weighted by atomic mass is 16.1. The molecule has 0 aliphatic heterocycles. The van der Waals surface area contributed by atoms with Crippen molar-refractivity contribution < 1.29 is 4.79 Å². The van der Waals surface area contributed by atoms with Crippen molar-refractivity contribution in [2.75, 3.05) is 0 Å². The summed E-state index contributed by atoms with van der Waals surface area (Å²) < 4.78 is 3.55. The van der Waals surface area contributed by atoms with Crippen LogP contribution in [0.15, 0.2) is 6.07 Å². The van der Waals surface area contributed by atoms with Crippen molar-refractivity contribution in [1.29, 1.82) is 0 Å². The lowest BCUT2D eigenvalue weighted by Gasteiger charge is -2.06. The summed E-state index contributed by atoms with van der Waals surface area (Å²) in [5, 5.41) is 8.84. The van der Waals surface area contributed by atoms with Gasteiger partial charge in [-0.25, -0.2) is 4.68 Å². The first-order valence-electron chi connectivity index (χ1n) is 6.19. The van der Waals surface area contributed by atoms with Gasteiger partial charge in [0, 0.05) is 12.7 Å². The Morgan fingerprint density at radius 1 is 1.28 bits per heavy atom. The third-order valence-corrected chi connectivity index (χ3v) is 3.11. The first kappa shape index (κ1) is 12.5. The van der Waals surface area contributed by atoms with Gasteiger partial charge in [-0.2, -0.15) is 10.2 Å². The Kier molecular flexibility index (Phi) is 3.32. The van der Waals surface area contributed by atoms with Crippen molar-refractivity contribution in [3.63, 3.8) is 0 Å². The van der Waals surface area contributed by atoms with Crippen molar-refractivity contribution in [1.82, 2.24) is 19.6 Å². The van der Waals surface area contributed by atoms with Crippen LogP contribution in [0.3, 0.4) is 0 Å². The SMILES string of the molecule is CCc1cc(CC)n(-c2c(C=O)c(C)nn2C)n1. The van der Waals surface area contributed by atoms with E-state index in [1.54, 1.807) is 4.68 Å². The summed E-state index contributed by atoms with van der Waals surface area (Å²) in [7, 11) is 1.84. The Hall–Kier alpha value is -1.91. The van der Waals surface area contributed by atoms with E-state index in [9.17, 15) is 4.79 Å². The number of aldehydes is 1. The maximum atomic E-state index is 11.2. The summed E-state index contributed by atoms with van der Waals surface area (Å²) in [4.78, 5) is 11.2. The predicted molar refractivity (Wildman–Crippen MR) is 69.2 cm³/mol. The molecule has 0 N–H and O–H groups in total. The van der Waals surface area contributed by atoms with E-state index in [-0.39, 0.29) is 0 Å². The summed E-state index contributed by atoms with van der Waals surface area (Å²) in [5.41, 5.74) is 3.47. The largest absolute Gasteiger partial charge is 0.298 e. The zero-order chi connectivity index (χ0) is 13.3. The van der Waals surface area contributed by atoms with Gasteiger partial charge in [-0.1, -0.05) is 13.8 Å². The van der Waals surface area contributed by atoms with E-state index in [1.807, 2.05) is 18.7 Å². The molecule has 0 aliphatic carbocycles. The van der Waals surface area contributed by atoms with Crippen LogP contribution in [0.5, 0.6) is 0 Å². The predicted octanol–water partition coefficient (Wildman–Crippen LogP) is 1.85. The van der Waals surface area contributed by atoms with Gasteiger partial charge in [-0.15, -0.1) is 0 Å². The Morgan fingerprint density at radius 3 is 2.56 bits per heavy atom. The molecule has 2 aromatic heterocycles. The molecule has 0 aromatic carbocycles. The molecule has 0 aliphatic rings. The van der Waals surface area contributed by atoms with Crippen molar-refractivity contribution in [3.8, 4) is 5.82 Å². The van der Waals surface area contributed by atoms with E-state index < -0.39 is 0 Å². The number of nitrogens with zero attached hydrogens (tertiary/aromatic N) is 4. The number of carbonyl (C=O) groups is 1. The van der Waals surface area contributed by atoms with E-state index >= 15 is 0 Å². The third-order valence-electron chi connectivity index (χ3n) is 3.11. The lowest BCUT2D eigenvalue weighted by Crippen LogP contribution is -2.09. The molecule has 18 heavy (non-hydrogen) atoms. The van der Waals surface area contributed by atoms with Crippen LogP contribution in [0.1, 0.15) is 41.3 Å². The Labute approximate surface area is 106 Å². The zero-order valence-electron chi connectivity index (χ0n) is 11.3. The molecule has 5 nitrogen and oxygen atoms in total. The van der Waals surface area contributed by atoms with Crippen LogP contribution in [0.25, 0.3) is 5.82 Å². The standard InChI is InChI=1S/C13H18N4O/c1-5-10-7-11(6-2)17(15-10)13-12(8-18)9(3)14-16(13)4/h7-8H,5-6H2,1-4H3.